The molecule has 0 amide bonds. The van der Waals surface area contributed by atoms with Crippen molar-refractivity contribution < 1.29 is 17.2 Å². The second-order valence-electron chi connectivity index (χ2n) is 5.66. The minimum atomic E-state index is -4.23. The molecule has 0 radical (unpaired) electrons. The molecule has 0 saturated heterocycles. The third-order valence-electron chi connectivity index (χ3n) is 3.78. The van der Waals surface area contributed by atoms with Crippen molar-refractivity contribution in [3.63, 3.8) is 0 Å². The lowest BCUT2D eigenvalue weighted by atomic mass is 10.2. The molecular weight excluding hydrogens is 398 g/mol. The van der Waals surface area contributed by atoms with Crippen LogP contribution in [0.15, 0.2) is 47.9 Å². The summed E-state index contributed by atoms with van der Waals surface area (Å²) < 4.78 is 55.9. The highest BCUT2D eigenvalue weighted by atomic mass is 35.5. The highest BCUT2D eigenvalue weighted by Crippen LogP contribution is 2.31. The Hall–Kier alpha value is -2.36. The van der Waals surface area contributed by atoms with E-state index >= 15 is 0 Å². The molecular formula is C17H17ClF2N4O2S. The van der Waals surface area contributed by atoms with Crippen LogP contribution in [0.4, 0.5) is 8.78 Å². The monoisotopic (exact) mass is 414 g/mol. The zero-order valence-corrected chi connectivity index (χ0v) is 16.1. The molecule has 3 heterocycles. The highest BCUT2D eigenvalue weighted by Gasteiger charge is 2.29. The van der Waals surface area contributed by atoms with E-state index in [-0.39, 0.29) is 35.1 Å². The lowest BCUT2D eigenvalue weighted by Crippen LogP contribution is -2.15. The number of aryl methyl sites for hydroxylation is 1. The van der Waals surface area contributed by atoms with E-state index in [0.29, 0.717) is 5.56 Å². The first-order valence-corrected chi connectivity index (χ1v) is 9.13. The highest BCUT2D eigenvalue weighted by molar-refractivity contribution is 7.90. The predicted molar refractivity (Wildman–Crippen MR) is 99.1 cm³/mol. The van der Waals surface area contributed by atoms with Gasteiger partial charge in [0.2, 0.25) is 5.95 Å². The van der Waals surface area contributed by atoms with Crippen LogP contribution in [-0.4, -0.2) is 29.4 Å². The van der Waals surface area contributed by atoms with Crippen LogP contribution in [-0.2, 0) is 16.6 Å². The Balaban J connectivity index is 0.00000261. The minimum absolute atomic E-state index is 0. The molecule has 6 nitrogen and oxygen atoms in total. The molecule has 10 heteroatoms. The van der Waals surface area contributed by atoms with Gasteiger partial charge < -0.3 is 5.32 Å². The Labute approximate surface area is 161 Å². The van der Waals surface area contributed by atoms with Crippen molar-refractivity contribution in [2.45, 2.75) is 18.5 Å². The summed E-state index contributed by atoms with van der Waals surface area (Å²) in [6.45, 7) is 1.79. The maximum Gasteiger partial charge on any atom is 0.285 e. The normalized spacial score (nSPS) is 11.3. The molecule has 0 atom stereocenters. The number of rotatable bonds is 5. The van der Waals surface area contributed by atoms with Crippen LogP contribution >= 0.6 is 12.4 Å². The molecule has 0 unspecified atom stereocenters. The average molecular weight is 415 g/mol. The lowest BCUT2D eigenvalue weighted by Gasteiger charge is -2.10. The van der Waals surface area contributed by atoms with E-state index in [2.05, 4.69) is 15.3 Å². The molecule has 0 saturated carbocycles. The Morgan fingerprint density at radius 3 is 2.56 bits per heavy atom. The SMILES string of the molecule is CNCc1cn(S(=O)(=O)c2cc(C)ccn2)c(-c2cccnc2F)c1F.Cl. The second-order valence-corrected chi connectivity index (χ2v) is 7.42. The van der Waals surface area contributed by atoms with Gasteiger partial charge in [-0.1, -0.05) is 0 Å². The summed E-state index contributed by atoms with van der Waals surface area (Å²) in [4.78, 5) is 7.36. The van der Waals surface area contributed by atoms with Crippen molar-refractivity contribution in [2.75, 3.05) is 7.05 Å². The number of nitrogens with zero attached hydrogens (tertiary/aromatic N) is 3. The minimum Gasteiger partial charge on any atom is -0.316 e. The van der Waals surface area contributed by atoms with E-state index < -0.39 is 27.5 Å². The molecule has 27 heavy (non-hydrogen) atoms. The third kappa shape index (κ3) is 3.85. The number of nitrogens with one attached hydrogen (secondary N) is 1. The van der Waals surface area contributed by atoms with Crippen LogP contribution in [0.5, 0.6) is 0 Å². The van der Waals surface area contributed by atoms with Crippen LogP contribution in [0.1, 0.15) is 11.1 Å². The maximum atomic E-state index is 14.9. The second kappa shape index (κ2) is 8.12. The molecule has 0 aliphatic rings. The maximum absolute atomic E-state index is 14.9. The first kappa shape index (κ1) is 20.9. The first-order chi connectivity index (χ1) is 12.4. The van der Waals surface area contributed by atoms with E-state index in [4.69, 9.17) is 0 Å². The summed E-state index contributed by atoms with van der Waals surface area (Å²) in [7, 11) is -2.64. The molecule has 1 N–H and O–H groups in total. The Morgan fingerprint density at radius 1 is 1.19 bits per heavy atom. The van der Waals surface area contributed by atoms with E-state index in [9.17, 15) is 17.2 Å². The summed E-state index contributed by atoms with van der Waals surface area (Å²) in [5, 5.41) is 2.50. The van der Waals surface area contributed by atoms with Gasteiger partial charge in [-0.05, 0) is 43.8 Å². The van der Waals surface area contributed by atoms with Gasteiger partial charge in [0.15, 0.2) is 10.8 Å². The van der Waals surface area contributed by atoms with Gasteiger partial charge in [-0.3, -0.25) is 0 Å². The fourth-order valence-corrected chi connectivity index (χ4v) is 3.98. The topological polar surface area (TPSA) is 76.9 Å². The van der Waals surface area contributed by atoms with Crippen molar-refractivity contribution in [1.29, 1.82) is 0 Å². The molecule has 0 bridgehead atoms. The van der Waals surface area contributed by atoms with Gasteiger partial charge in [-0.15, -0.1) is 12.4 Å². The van der Waals surface area contributed by atoms with Gasteiger partial charge in [-0.2, -0.15) is 12.8 Å². The third-order valence-corrected chi connectivity index (χ3v) is 5.34. The smallest absolute Gasteiger partial charge is 0.285 e. The Bertz CT molecular complexity index is 1070. The van der Waals surface area contributed by atoms with E-state index in [1.807, 2.05) is 0 Å². The van der Waals surface area contributed by atoms with Crippen LogP contribution in [0.2, 0.25) is 0 Å². The molecule has 144 valence electrons. The summed E-state index contributed by atoms with van der Waals surface area (Å²) >= 11 is 0. The van der Waals surface area contributed by atoms with Crippen LogP contribution in [0, 0.1) is 18.7 Å². The molecule has 0 aliphatic carbocycles. The number of hydrogen-bond acceptors (Lipinski definition) is 5. The van der Waals surface area contributed by atoms with E-state index in [1.54, 1.807) is 20.0 Å². The Kier molecular flexibility index (Phi) is 6.30. The lowest BCUT2D eigenvalue weighted by molar-refractivity contribution is 0.573. The molecule has 0 spiro atoms. The molecule has 3 aromatic rings. The summed E-state index contributed by atoms with van der Waals surface area (Å²) in [6.07, 6.45) is 3.68. The Morgan fingerprint density at radius 2 is 1.93 bits per heavy atom. The summed E-state index contributed by atoms with van der Waals surface area (Å²) in [5.74, 6) is -1.79. The largest absolute Gasteiger partial charge is 0.316 e. The van der Waals surface area contributed by atoms with Gasteiger partial charge in [0.1, 0.15) is 5.69 Å². The van der Waals surface area contributed by atoms with E-state index in [1.165, 1.54) is 30.6 Å². The molecule has 0 fully saturated rings. The van der Waals surface area contributed by atoms with Crippen molar-refractivity contribution in [3.05, 3.63) is 65.7 Å². The van der Waals surface area contributed by atoms with Gasteiger partial charge >= 0.3 is 0 Å². The average Bonchev–Trinajstić information content (AvgIpc) is 2.93. The quantitative estimate of drug-likeness (QED) is 0.649. The van der Waals surface area contributed by atoms with Gasteiger partial charge in [0, 0.05) is 30.7 Å². The summed E-state index contributed by atoms with van der Waals surface area (Å²) in [5.41, 5.74) is 0.102. The van der Waals surface area contributed by atoms with Gasteiger partial charge in [-0.25, -0.2) is 18.3 Å². The molecule has 0 aromatic carbocycles. The van der Waals surface area contributed by atoms with Crippen molar-refractivity contribution >= 4 is 22.4 Å². The van der Waals surface area contributed by atoms with Crippen LogP contribution in [0.25, 0.3) is 11.3 Å². The number of halogens is 3. The van der Waals surface area contributed by atoms with Crippen LogP contribution < -0.4 is 5.32 Å². The first-order valence-electron chi connectivity index (χ1n) is 7.69. The van der Waals surface area contributed by atoms with Gasteiger partial charge in [0.05, 0.1) is 5.56 Å². The fraction of sp³-hybridized carbons (Fsp3) is 0.176. The van der Waals surface area contributed by atoms with Crippen LogP contribution in [0.3, 0.4) is 0 Å². The summed E-state index contributed by atoms with van der Waals surface area (Å²) in [6, 6.07) is 5.70. The molecule has 0 aliphatic heterocycles. The zero-order valence-electron chi connectivity index (χ0n) is 14.5. The molecule has 3 aromatic heterocycles. The van der Waals surface area contributed by atoms with Crippen molar-refractivity contribution in [2.24, 2.45) is 0 Å². The number of pyridine rings is 2. The van der Waals surface area contributed by atoms with Crippen molar-refractivity contribution in [1.82, 2.24) is 19.3 Å². The zero-order chi connectivity index (χ0) is 18.9. The molecule has 3 rings (SSSR count). The number of aromatic nitrogens is 3. The van der Waals surface area contributed by atoms with Crippen molar-refractivity contribution in [3.8, 4) is 11.3 Å². The van der Waals surface area contributed by atoms with E-state index in [0.717, 1.165) is 10.2 Å². The predicted octanol–water partition coefficient (Wildman–Crippen LogP) is 2.91. The number of hydrogen-bond donors (Lipinski definition) is 1. The van der Waals surface area contributed by atoms with Gasteiger partial charge in [0.25, 0.3) is 10.0 Å². The standard InChI is InChI=1S/C17H16F2N4O2S.ClH/c1-11-5-7-21-14(8-11)26(24,25)23-10-12(9-20-2)15(18)16(23)13-4-3-6-22-17(13)19;/h3-8,10,20H,9H2,1-2H3;1H. The fourth-order valence-electron chi connectivity index (χ4n) is 2.56.